The number of anilines is 3. The Balaban J connectivity index is 1.75. The van der Waals surface area contributed by atoms with E-state index in [-0.39, 0.29) is 22.7 Å². The Hall–Kier alpha value is -4.33. The lowest BCUT2D eigenvalue weighted by atomic mass is 10.1. The fourth-order valence-electron chi connectivity index (χ4n) is 3.29. The van der Waals surface area contributed by atoms with E-state index in [9.17, 15) is 14.0 Å². The van der Waals surface area contributed by atoms with Gasteiger partial charge in [-0.3, -0.25) is 14.6 Å². The van der Waals surface area contributed by atoms with Gasteiger partial charge in [0.05, 0.1) is 22.3 Å². The molecule has 0 bridgehead atoms. The van der Waals surface area contributed by atoms with E-state index in [1.54, 1.807) is 12.1 Å². The standard InChI is InChI=1S/C24H20FN5O2/c1-14-6-3-4-8-19(14)29-22-20(11-16(13-28-22)23(31)26-2)30-24(32)18-12-17(25)10-15-7-5-9-27-21(15)18/h3-13H,1-2H3,(H,26,31)(H,28,29)(H,30,32). The summed E-state index contributed by atoms with van der Waals surface area (Å²) in [5.41, 5.74) is 2.75. The third kappa shape index (κ3) is 4.24. The van der Waals surface area contributed by atoms with Gasteiger partial charge in [0.2, 0.25) is 0 Å². The van der Waals surface area contributed by atoms with Crippen molar-refractivity contribution in [1.29, 1.82) is 0 Å². The van der Waals surface area contributed by atoms with Crippen LogP contribution in [-0.2, 0) is 0 Å². The summed E-state index contributed by atoms with van der Waals surface area (Å²) < 4.78 is 14.1. The van der Waals surface area contributed by atoms with Crippen LogP contribution >= 0.6 is 0 Å². The number of nitrogens with zero attached hydrogens (tertiary/aromatic N) is 2. The largest absolute Gasteiger partial charge is 0.355 e. The highest BCUT2D eigenvalue weighted by molar-refractivity contribution is 6.13. The maximum atomic E-state index is 14.1. The van der Waals surface area contributed by atoms with Crippen molar-refractivity contribution < 1.29 is 14.0 Å². The van der Waals surface area contributed by atoms with Crippen molar-refractivity contribution in [2.24, 2.45) is 0 Å². The van der Waals surface area contributed by atoms with Gasteiger partial charge in [-0.25, -0.2) is 9.37 Å². The molecule has 2 amide bonds. The molecule has 0 saturated heterocycles. The molecule has 8 heteroatoms. The molecule has 0 fully saturated rings. The number of hydrogen-bond acceptors (Lipinski definition) is 5. The van der Waals surface area contributed by atoms with E-state index in [4.69, 9.17) is 0 Å². The van der Waals surface area contributed by atoms with Gasteiger partial charge in [-0.1, -0.05) is 24.3 Å². The summed E-state index contributed by atoms with van der Waals surface area (Å²) in [6.07, 6.45) is 2.95. The zero-order chi connectivity index (χ0) is 22.7. The van der Waals surface area contributed by atoms with Crippen molar-refractivity contribution in [3.05, 3.63) is 89.5 Å². The molecular formula is C24H20FN5O2. The van der Waals surface area contributed by atoms with Crippen molar-refractivity contribution in [1.82, 2.24) is 15.3 Å². The van der Waals surface area contributed by atoms with Crippen molar-refractivity contribution >= 4 is 39.9 Å². The molecule has 32 heavy (non-hydrogen) atoms. The van der Waals surface area contributed by atoms with E-state index in [0.717, 1.165) is 17.3 Å². The number of amides is 2. The fourth-order valence-corrected chi connectivity index (χ4v) is 3.29. The second-order valence-electron chi connectivity index (χ2n) is 7.12. The van der Waals surface area contributed by atoms with Gasteiger partial charge in [0, 0.05) is 30.5 Å². The molecule has 7 nitrogen and oxygen atoms in total. The average Bonchev–Trinajstić information content (AvgIpc) is 2.80. The quantitative estimate of drug-likeness (QED) is 0.436. The zero-order valence-electron chi connectivity index (χ0n) is 17.4. The highest BCUT2D eigenvalue weighted by Crippen LogP contribution is 2.27. The smallest absolute Gasteiger partial charge is 0.258 e. The molecular weight excluding hydrogens is 409 g/mol. The topological polar surface area (TPSA) is 96.0 Å². The number of aromatic nitrogens is 2. The number of halogens is 1. The fraction of sp³-hybridized carbons (Fsp3) is 0.0833. The van der Waals surface area contributed by atoms with Gasteiger partial charge >= 0.3 is 0 Å². The normalized spacial score (nSPS) is 10.6. The Labute approximate surface area is 183 Å². The predicted octanol–water partition coefficient (Wildman–Crippen LogP) is 4.43. The van der Waals surface area contributed by atoms with E-state index in [1.807, 2.05) is 31.2 Å². The molecule has 160 valence electrons. The van der Waals surface area contributed by atoms with E-state index in [2.05, 4.69) is 25.9 Å². The van der Waals surface area contributed by atoms with Crippen LogP contribution in [-0.4, -0.2) is 28.8 Å². The number of nitrogens with one attached hydrogen (secondary N) is 3. The molecule has 2 aromatic heterocycles. The summed E-state index contributed by atoms with van der Waals surface area (Å²) in [6.45, 7) is 1.93. The van der Waals surface area contributed by atoms with Crippen LogP contribution in [0.2, 0.25) is 0 Å². The molecule has 0 aliphatic rings. The Morgan fingerprint density at radius 1 is 0.938 bits per heavy atom. The minimum Gasteiger partial charge on any atom is -0.355 e. The minimum atomic E-state index is -0.572. The molecule has 4 aromatic rings. The molecule has 0 spiro atoms. The first-order valence-corrected chi connectivity index (χ1v) is 9.86. The predicted molar refractivity (Wildman–Crippen MR) is 122 cm³/mol. The summed E-state index contributed by atoms with van der Waals surface area (Å²) in [6, 6.07) is 14.9. The van der Waals surface area contributed by atoms with Crippen LogP contribution in [0.5, 0.6) is 0 Å². The summed E-state index contributed by atoms with van der Waals surface area (Å²) in [4.78, 5) is 33.8. The Morgan fingerprint density at radius 2 is 1.75 bits per heavy atom. The molecule has 4 rings (SSSR count). The summed E-state index contributed by atoms with van der Waals surface area (Å²) in [5, 5.41) is 8.98. The number of para-hydroxylation sites is 1. The van der Waals surface area contributed by atoms with Crippen molar-refractivity contribution in [2.45, 2.75) is 6.92 Å². The summed E-state index contributed by atoms with van der Waals surface area (Å²) >= 11 is 0. The molecule has 0 aliphatic heterocycles. The van der Waals surface area contributed by atoms with Gasteiger partial charge in [0.1, 0.15) is 5.82 Å². The van der Waals surface area contributed by atoms with Gasteiger partial charge in [-0.15, -0.1) is 0 Å². The van der Waals surface area contributed by atoms with Crippen molar-refractivity contribution in [2.75, 3.05) is 17.7 Å². The number of aryl methyl sites for hydroxylation is 1. The molecule has 0 aliphatic carbocycles. The number of benzene rings is 2. The second-order valence-corrected chi connectivity index (χ2v) is 7.12. The van der Waals surface area contributed by atoms with Gasteiger partial charge < -0.3 is 16.0 Å². The van der Waals surface area contributed by atoms with Gasteiger partial charge in [-0.2, -0.15) is 0 Å². The number of pyridine rings is 2. The molecule has 3 N–H and O–H groups in total. The summed E-state index contributed by atoms with van der Waals surface area (Å²) in [7, 11) is 1.50. The first kappa shape index (κ1) is 20.9. The molecule has 2 heterocycles. The van der Waals surface area contributed by atoms with E-state index >= 15 is 0 Å². The first-order valence-electron chi connectivity index (χ1n) is 9.86. The zero-order valence-corrected chi connectivity index (χ0v) is 17.4. The Bertz CT molecular complexity index is 1340. The van der Waals surface area contributed by atoms with Crippen LogP contribution in [0.4, 0.5) is 21.6 Å². The van der Waals surface area contributed by atoms with Crippen LogP contribution in [0, 0.1) is 12.7 Å². The molecule has 0 radical (unpaired) electrons. The molecule has 0 atom stereocenters. The lowest BCUT2D eigenvalue weighted by Crippen LogP contribution is -2.20. The van der Waals surface area contributed by atoms with E-state index in [0.29, 0.717) is 16.7 Å². The Kier molecular flexibility index (Phi) is 5.76. The third-order valence-electron chi connectivity index (χ3n) is 4.94. The number of hydrogen-bond donors (Lipinski definition) is 3. The third-order valence-corrected chi connectivity index (χ3v) is 4.94. The van der Waals surface area contributed by atoms with Crippen LogP contribution < -0.4 is 16.0 Å². The number of carbonyl (C=O) groups is 2. The van der Waals surface area contributed by atoms with Gasteiger partial charge in [-0.05, 0) is 42.8 Å². The van der Waals surface area contributed by atoms with E-state index < -0.39 is 11.7 Å². The Morgan fingerprint density at radius 3 is 2.53 bits per heavy atom. The number of fused-ring (bicyclic) bond motifs is 1. The average molecular weight is 429 g/mol. The number of rotatable bonds is 5. The first-order chi connectivity index (χ1) is 15.5. The van der Waals surface area contributed by atoms with Crippen LogP contribution in [0.15, 0.2) is 67.0 Å². The molecule has 0 unspecified atom stereocenters. The SMILES string of the molecule is CNC(=O)c1cnc(Nc2ccccc2C)c(NC(=O)c2cc(F)cc3cccnc23)c1. The maximum Gasteiger partial charge on any atom is 0.258 e. The molecule has 0 saturated carbocycles. The van der Waals surface area contributed by atoms with Gasteiger partial charge in [0.25, 0.3) is 11.8 Å². The highest BCUT2D eigenvalue weighted by atomic mass is 19.1. The highest BCUT2D eigenvalue weighted by Gasteiger charge is 2.17. The van der Waals surface area contributed by atoms with Crippen LogP contribution in [0.1, 0.15) is 26.3 Å². The lowest BCUT2D eigenvalue weighted by Gasteiger charge is -2.15. The van der Waals surface area contributed by atoms with E-state index in [1.165, 1.54) is 31.6 Å². The second kappa shape index (κ2) is 8.81. The van der Waals surface area contributed by atoms with Crippen LogP contribution in [0.3, 0.4) is 0 Å². The molecule has 2 aromatic carbocycles. The maximum absolute atomic E-state index is 14.1. The number of carbonyl (C=O) groups excluding carboxylic acids is 2. The van der Waals surface area contributed by atoms with Crippen LogP contribution in [0.25, 0.3) is 10.9 Å². The minimum absolute atomic E-state index is 0.0767. The summed E-state index contributed by atoms with van der Waals surface area (Å²) in [5.74, 6) is -1.13. The van der Waals surface area contributed by atoms with Gasteiger partial charge in [0.15, 0.2) is 5.82 Å². The van der Waals surface area contributed by atoms with Crippen molar-refractivity contribution in [3.8, 4) is 0 Å². The van der Waals surface area contributed by atoms with Crippen molar-refractivity contribution in [3.63, 3.8) is 0 Å². The lowest BCUT2D eigenvalue weighted by molar-refractivity contribution is 0.0961. The monoisotopic (exact) mass is 429 g/mol.